The van der Waals surface area contributed by atoms with Crippen LogP contribution in [0.25, 0.3) is 5.65 Å². The fraction of sp³-hybridized carbons (Fsp3) is 0.500. The van der Waals surface area contributed by atoms with Gasteiger partial charge < -0.3 is 0 Å². The zero-order valence-electron chi connectivity index (χ0n) is 11.4. The van der Waals surface area contributed by atoms with Crippen molar-refractivity contribution in [3.8, 4) is 6.07 Å². The van der Waals surface area contributed by atoms with Gasteiger partial charge in [-0.15, -0.1) is 10.2 Å². The van der Waals surface area contributed by atoms with E-state index in [1.165, 1.54) is 12.8 Å². The maximum atomic E-state index is 9.34. The van der Waals surface area contributed by atoms with E-state index in [0.29, 0.717) is 6.04 Å². The fourth-order valence-electron chi connectivity index (χ4n) is 2.10. The maximum absolute atomic E-state index is 9.34. The number of hydrogen-bond acceptors (Lipinski definition) is 5. The third-order valence-electron chi connectivity index (χ3n) is 3.46. The van der Waals surface area contributed by atoms with E-state index in [-0.39, 0.29) is 0 Å². The number of nitrogens with one attached hydrogen (secondary N) is 1. The predicted octanol–water partition coefficient (Wildman–Crippen LogP) is 2.25. The highest BCUT2D eigenvalue weighted by Gasteiger charge is 2.32. The van der Waals surface area contributed by atoms with Gasteiger partial charge in [0.2, 0.25) is 0 Å². The molecule has 20 heavy (non-hydrogen) atoms. The fourth-order valence-corrected chi connectivity index (χ4v) is 3.19. The maximum Gasteiger partial charge on any atom is 0.195 e. The molecule has 1 aliphatic rings. The Hall–Kier alpha value is -1.58. The first-order valence-electron chi connectivity index (χ1n) is 6.82. The summed E-state index contributed by atoms with van der Waals surface area (Å²) >= 11 is 1.64. The number of rotatable bonds is 6. The van der Waals surface area contributed by atoms with Crippen LogP contribution in [0.5, 0.6) is 0 Å². The first kappa shape index (κ1) is 13.4. The van der Waals surface area contributed by atoms with Gasteiger partial charge in [0.05, 0.1) is 6.07 Å². The van der Waals surface area contributed by atoms with E-state index in [2.05, 4.69) is 21.6 Å². The molecule has 0 amide bonds. The number of pyridine rings is 1. The molecule has 2 heterocycles. The zero-order valence-corrected chi connectivity index (χ0v) is 12.2. The van der Waals surface area contributed by atoms with E-state index < -0.39 is 5.54 Å². The van der Waals surface area contributed by atoms with E-state index in [1.807, 2.05) is 35.7 Å². The van der Waals surface area contributed by atoms with Crippen LogP contribution in [0.15, 0.2) is 29.6 Å². The van der Waals surface area contributed by atoms with Gasteiger partial charge in [0.25, 0.3) is 0 Å². The summed E-state index contributed by atoms with van der Waals surface area (Å²) in [7, 11) is 0. The number of nitriles is 1. The molecule has 0 aromatic carbocycles. The Bertz CT molecular complexity index is 642. The Morgan fingerprint density at radius 3 is 3.10 bits per heavy atom. The molecule has 104 valence electrons. The number of aromatic nitrogens is 3. The van der Waals surface area contributed by atoms with Crippen molar-refractivity contribution in [2.75, 3.05) is 5.75 Å². The molecule has 1 N–H and O–H groups in total. The molecule has 2 aromatic rings. The highest BCUT2D eigenvalue weighted by Crippen LogP contribution is 2.26. The molecule has 1 atom stereocenters. The van der Waals surface area contributed by atoms with Crippen molar-refractivity contribution in [3.05, 3.63) is 24.4 Å². The van der Waals surface area contributed by atoms with Gasteiger partial charge in [-0.25, -0.2) is 0 Å². The molecule has 1 saturated carbocycles. The highest BCUT2D eigenvalue weighted by molar-refractivity contribution is 7.99. The summed E-state index contributed by atoms with van der Waals surface area (Å²) in [5.41, 5.74) is 0.420. The lowest BCUT2D eigenvalue weighted by atomic mass is 10.0. The van der Waals surface area contributed by atoms with Crippen molar-refractivity contribution >= 4 is 17.4 Å². The second kappa shape index (κ2) is 5.43. The standard InChI is InChI=1S/C14H17N5S/c1-14(10-15,16-11-5-6-11)7-9-20-13-18-17-12-4-2-3-8-19(12)13/h2-4,8,11,16H,5-7,9H2,1H3. The molecule has 0 spiro atoms. The number of thioether (sulfide) groups is 1. The van der Waals surface area contributed by atoms with Gasteiger partial charge in [0, 0.05) is 18.0 Å². The largest absolute Gasteiger partial charge is 0.297 e. The van der Waals surface area contributed by atoms with Gasteiger partial charge in [-0.3, -0.25) is 9.72 Å². The average Bonchev–Trinajstić information content (AvgIpc) is 3.17. The smallest absolute Gasteiger partial charge is 0.195 e. The Kier molecular flexibility index (Phi) is 3.64. The molecule has 1 fully saturated rings. The summed E-state index contributed by atoms with van der Waals surface area (Å²) in [6, 6.07) is 8.79. The first-order chi connectivity index (χ1) is 9.70. The Morgan fingerprint density at radius 2 is 2.35 bits per heavy atom. The van der Waals surface area contributed by atoms with Crippen LogP contribution in [-0.4, -0.2) is 31.9 Å². The average molecular weight is 287 g/mol. The molecular formula is C14H17N5S. The minimum absolute atomic E-state index is 0.436. The molecule has 0 bridgehead atoms. The van der Waals surface area contributed by atoms with E-state index in [4.69, 9.17) is 0 Å². The van der Waals surface area contributed by atoms with Crippen LogP contribution in [0.1, 0.15) is 26.2 Å². The second-order valence-corrected chi connectivity index (χ2v) is 6.43. The third-order valence-corrected chi connectivity index (χ3v) is 4.41. The van der Waals surface area contributed by atoms with Crippen LogP contribution < -0.4 is 5.32 Å². The minimum Gasteiger partial charge on any atom is -0.297 e. The molecule has 2 aromatic heterocycles. The Morgan fingerprint density at radius 1 is 1.50 bits per heavy atom. The molecule has 1 aliphatic carbocycles. The Balaban J connectivity index is 1.60. The molecule has 3 rings (SSSR count). The lowest BCUT2D eigenvalue weighted by Crippen LogP contribution is -2.42. The van der Waals surface area contributed by atoms with E-state index in [1.54, 1.807) is 11.8 Å². The number of nitrogens with zero attached hydrogens (tertiary/aromatic N) is 4. The second-order valence-electron chi connectivity index (χ2n) is 5.37. The van der Waals surface area contributed by atoms with Crippen molar-refractivity contribution < 1.29 is 0 Å². The molecule has 5 nitrogen and oxygen atoms in total. The summed E-state index contributed by atoms with van der Waals surface area (Å²) in [4.78, 5) is 0. The Labute approximate surface area is 122 Å². The summed E-state index contributed by atoms with van der Waals surface area (Å²) in [5.74, 6) is 0.847. The van der Waals surface area contributed by atoms with Crippen LogP contribution in [0.3, 0.4) is 0 Å². The monoisotopic (exact) mass is 287 g/mol. The first-order valence-corrected chi connectivity index (χ1v) is 7.80. The predicted molar refractivity (Wildman–Crippen MR) is 78.5 cm³/mol. The van der Waals surface area contributed by atoms with Crippen LogP contribution in [0.2, 0.25) is 0 Å². The van der Waals surface area contributed by atoms with Crippen molar-refractivity contribution in [1.29, 1.82) is 5.26 Å². The van der Waals surface area contributed by atoms with Crippen LogP contribution in [-0.2, 0) is 0 Å². The molecule has 1 unspecified atom stereocenters. The number of hydrogen-bond donors (Lipinski definition) is 1. The van der Waals surface area contributed by atoms with E-state index in [0.717, 1.165) is 23.0 Å². The number of fused-ring (bicyclic) bond motifs is 1. The molecule has 0 aliphatic heterocycles. The van der Waals surface area contributed by atoms with Crippen LogP contribution in [0.4, 0.5) is 0 Å². The van der Waals surface area contributed by atoms with Gasteiger partial charge in [0.1, 0.15) is 5.54 Å². The van der Waals surface area contributed by atoms with Crippen molar-refractivity contribution in [2.24, 2.45) is 0 Å². The summed E-state index contributed by atoms with van der Waals surface area (Å²) in [6.45, 7) is 1.98. The summed E-state index contributed by atoms with van der Waals surface area (Å²) in [6.07, 6.45) is 5.15. The molecule has 0 saturated heterocycles. The van der Waals surface area contributed by atoms with Crippen molar-refractivity contribution in [1.82, 2.24) is 19.9 Å². The molecule has 6 heteroatoms. The normalized spacial score (nSPS) is 17.8. The zero-order chi connectivity index (χ0) is 14.0. The van der Waals surface area contributed by atoms with Gasteiger partial charge in [-0.2, -0.15) is 5.26 Å². The van der Waals surface area contributed by atoms with Crippen LogP contribution in [0, 0.1) is 11.3 Å². The summed E-state index contributed by atoms with van der Waals surface area (Å²) < 4.78 is 1.97. The van der Waals surface area contributed by atoms with Crippen LogP contribution >= 0.6 is 11.8 Å². The van der Waals surface area contributed by atoms with Gasteiger partial charge in [-0.1, -0.05) is 17.8 Å². The molecule has 0 radical (unpaired) electrons. The SMILES string of the molecule is CC(C#N)(CCSc1nnc2ccccn12)NC1CC1. The van der Waals surface area contributed by atoms with Gasteiger partial charge in [-0.05, 0) is 38.3 Å². The molecular weight excluding hydrogens is 270 g/mol. The lowest BCUT2D eigenvalue weighted by molar-refractivity contribution is 0.433. The van der Waals surface area contributed by atoms with Gasteiger partial charge >= 0.3 is 0 Å². The third kappa shape index (κ3) is 2.94. The quantitative estimate of drug-likeness (QED) is 0.825. The van der Waals surface area contributed by atoms with Gasteiger partial charge in [0.15, 0.2) is 10.8 Å². The van der Waals surface area contributed by atoms with E-state index >= 15 is 0 Å². The minimum atomic E-state index is -0.436. The lowest BCUT2D eigenvalue weighted by Gasteiger charge is -2.22. The van der Waals surface area contributed by atoms with Crippen molar-refractivity contribution in [2.45, 2.75) is 42.9 Å². The summed E-state index contributed by atoms with van der Waals surface area (Å²) in [5, 5.41) is 21.9. The van der Waals surface area contributed by atoms with E-state index in [9.17, 15) is 5.26 Å². The topological polar surface area (TPSA) is 66.0 Å². The van der Waals surface area contributed by atoms with Crippen molar-refractivity contribution in [3.63, 3.8) is 0 Å². The highest BCUT2D eigenvalue weighted by atomic mass is 32.2.